The molecule has 0 saturated carbocycles. The van der Waals surface area contributed by atoms with E-state index in [0.29, 0.717) is 5.56 Å². The summed E-state index contributed by atoms with van der Waals surface area (Å²) in [6, 6.07) is 22.1. The van der Waals surface area contributed by atoms with Gasteiger partial charge in [-0.05, 0) is 66.5 Å². The van der Waals surface area contributed by atoms with Gasteiger partial charge in [-0.1, -0.05) is 42.5 Å². The van der Waals surface area contributed by atoms with E-state index >= 15 is 0 Å². The Kier molecular flexibility index (Phi) is 4.49. The van der Waals surface area contributed by atoms with Crippen molar-refractivity contribution in [3.8, 4) is 0 Å². The zero-order valence-electron chi connectivity index (χ0n) is 14.2. The number of anilines is 1. The minimum atomic E-state index is -0.0713. The molecule has 0 atom stereocenters. The molecule has 3 aromatic rings. The van der Waals surface area contributed by atoms with E-state index in [1.165, 1.54) is 31.5 Å². The highest BCUT2D eigenvalue weighted by Crippen LogP contribution is 2.18. The Hall–Kier alpha value is -2.65. The summed E-state index contributed by atoms with van der Waals surface area (Å²) in [4.78, 5) is 15.0. The standard InChI is InChI=1S/C22H22N2O/c25-22(20-10-9-18-5-1-2-6-19(18)15-20)23-21-11-7-17(8-12-21)16-24-13-3-4-14-24/h1-2,5-12,15H,3-4,13-14,16H2,(H,23,25). The van der Waals surface area contributed by atoms with Crippen molar-refractivity contribution in [3.63, 3.8) is 0 Å². The summed E-state index contributed by atoms with van der Waals surface area (Å²) in [5.74, 6) is -0.0713. The molecule has 25 heavy (non-hydrogen) atoms. The van der Waals surface area contributed by atoms with Gasteiger partial charge >= 0.3 is 0 Å². The Morgan fingerprint density at radius 2 is 1.60 bits per heavy atom. The molecule has 126 valence electrons. The van der Waals surface area contributed by atoms with Crippen molar-refractivity contribution in [3.05, 3.63) is 77.9 Å². The van der Waals surface area contributed by atoms with E-state index in [1.54, 1.807) is 0 Å². The molecule has 1 saturated heterocycles. The summed E-state index contributed by atoms with van der Waals surface area (Å²) in [7, 11) is 0. The number of hydrogen-bond donors (Lipinski definition) is 1. The number of likely N-dealkylation sites (tertiary alicyclic amines) is 1. The third-order valence-corrected chi connectivity index (χ3v) is 4.83. The Morgan fingerprint density at radius 3 is 2.36 bits per heavy atom. The maximum atomic E-state index is 12.5. The van der Waals surface area contributed by atoms with Crippen LogP contribution in [0.25, 0.3) is 10.8 Å². The minimum Gasteiger partial charge on any atom is -0.322 e. The summed E-state index contributed by atoms with van der Waals surface area (Å²) >= 11 is 0. The smallest absolute Gasteiger partial charge is 0.255 e. The Morgan fingerprint density at radius 1 is 0.880 bits per heavy atom. The predicted molar refractivity (Wildman–Crippen MR) is 103 cm³/mol. The van der Waals surface area contributed by atoms with Crippen molar-refractivity contribution in [2.45, 2.75) is 19.4 Å². The molecular formula is C22H22N2O. The zero-order chi connectivity index (χ0) is 17.1. The molecule has 0 aromatic heterocycles. The highest BCUT2D eigenvalue weighted by molar-refractivity contribution is 6.06. The molecule has 1 N–H and O–H groups in total. The fourth-order valence-electron chi connectivity index (χ4n) is 3.43. The average molecular weight is 330 g/mol. The van der Waals surface area contributed by atoms with Crippen molar-refractivity contribution in [1.29, 1.82) is 0 Å². The van der Waals surface area contributed by atoms with Gasteiger partial charge in [-0.3, -0.25) is 9.69 Å². The first-order valence-electron chi connectivity index (χ1n) is 8.89. The molecule has 4 rings (SSSR count). The fraction of sp³-hybridized carbons (Fsp3) is 0.227. The van der Waals surface area contributed by atoms with Crippen molar-refractivity contribution < 1.29 is 4.79 Å². The second-order valence-electron chi connectivity index (χ2n) is 6.70. The lowest BCUT2D eigenvalue weighted by molar-refractivity contribution is 0.102. The largest absolute Gasteiger partial charge is 0.322 e. The summed E-state index contributed by atoms with van der Waals surface area (Å²) in [5.41, 5.74) is 2.81. The number of carbonyl (C=O) groups is 1. The number of fused-ring (bicyclic) bond motifs is 1. The van der Waals surface area contributed by atoms with Gasteiger partial charge in [0.2, 0.25) is 0 Å². The van der Waals surface area contributed by atoms with Gasteiger partial charge < -0.3 is 5.32 Å². The van der Waals surface area contributed by atoms with Gasteiger partial charge in [0, 0.05) is 17.8 Å². The third kappa shape index (κ3) is 3.72. The zero-order valence-corrected chi connectivity index (χ0v) is 14.2. The van der Waals surface area contributed by atoms with Crippen LogP contribution in [0.3, 0.4) is 0 Å². The van der Waals surface area contributed by atoms with Gasteiger partial charge in [0.1, 0.15) is 0 Å². The van der Waals surface area contributed by atoms with Crippen LogP contribution in [-0.2, 0) is 6.54 Å². The van der Waals surface area contributed by atoms with Crippen LogP contribution in [0, 0.1) is 0 Å². The number of nitrogens with one attached hydrogen (secondary N) is 1. The monoisotopic (exact) mass is 330 g/mol. The van der Waals surface area contributed by atoms with Gasteiger partial charge in [-0.25, -0.2) is 0 Å². The first-order chi connectivity index (χ1) is 12.3. The van der Waals surface area contributed by atoms with Crippen LogP contribution >= 0.6 is 0 Å². The van der Waals surface area contributed by atoms with Crippen LogP contribution in [0.2, 0.25) is 0 Å². The van der Waals surface area contributed by atoms with E-state index in [9.17, 15) is 4.79 Å². The van der Waals surface area contributed by atoms with Gasteiger partial charge in [0.05, 0.1) is 0 Å². The van der Waals surface area contributed by atoms with Crippen LogP contribution in [0.15, 0.2) is 66.7 Å². The summed E-state index contributed by atoms with van der Waals surface area (Å²) in [6.07, 6.45) is 2.61. The molecule has 0 bridgehead atoms. The van der Waals surface area contributed by atoms with Crippen LogP contribution < -0.4 is 5.32 Å². The number of benzene rings is 3. The summed E-state index contributed by atoms with van der Waals surface area (Å²) in [6.45, 7) is 3.39. The summed E-state index contributed by atoms with van der Waals surface area (Å²) < 4.78 is 0. The van der Waals surface area contributed by atoms with E-state index in [4.69, 9.17) is 0 Å². The maximum absolute atomic E-state index is 12.5. The van der Waals surface area contributed by atoms with E-state index in [2.05, 4.69) is 28.4 Å². The number of amides is 1. The molecule has 1 fully saturated rings. The number of rotatable bonds is 4. The molecule has 3 nitrogen and oxygen atoms in total. The van der Waals surface area contributed by atoms with E-state index in [-0.39, 0.29) is 5.91 Å². The Bertz CT molecular complexity index is 880. The molecule has 3 heteroatoms. The minimum absolute atomic E-state index is 0.0713. The quantitative estimate of drug-likeness (QED) is 0.753. The molecular weight excluding hydrogens is 308 g/mol. The number of hydrogen-bond acceptors (Lipinski definition) is 2. The van der Waals surface area contributed by atoms with Crippen LogP contribution in [-0.4, -0.2) is 23.9 Å². The Labute approximate surface area is 148 Å². The second-order valence-corrected chi connectivity index (χ2v) is 6.70. The highest BCUT2D eigenvalue weighted by Gasteiger charge is 2.12. The fourth-order valence-corrected chi connectivity index (χ4v) is 3.43. The molecule has 0 unspecified atom stereocenters. The van der Waals surface area contributed by atoms with Crippen LogP contribution in [0.4, 0.5) is 5.69 Å². The molecule has 1 amide bonds. The topological polar surface area (TPSA) is 32.3 Å². The molecule has 0 radical (unpaired) electrons. The molecule has 1 aliphatic heterocycles. The highest BCUT2D eigenvalue weighted by atomic mass is 16.1. The van der Waals surface area contributed by atoms with Crippen molar-refractivity contribution >= 4 is 22.4 Å². The normalized spacial score (nSPS) is 14.7. The van der Waals surface area contributed by atoms with Gasteiger partial charge in [-0.2, -0.15) is 0 Å². The first kappa shape index (κ1) is 15.9. The maximum Gasteiger partial charge on any atom is 0.255 e. The lowest BCUT2D eigenvalue weighted by Gasteiger charge is -2.14. The number of carbonyl (C=O) groups excluding carboxylic acids is 1. The van der Waals surface area contributed by atoms with E-state index in [1.807, 2.05) is 48.5 Å². The molecule has 1 heterocycles. The predicted octanol–water partition coefficient (Wildman–Crippen LogP) is 4.69. The average Bonchev–Trinajstić information content (AvgIpc) is 3.16. The molecule has 0 aliphatic carbocycles. The third-order valence-electron chi connectivity index (χ3n) is 4.83. The summed E-state index contributed by atoms with van der Waals surface area (Å²) in [5, 5.41) is 5.21. The van der Waals surface area contributed by atoms with E-state index < -0.39 is 0 Å². The van der Waals surface area contributed by atoms with Gasteiger partial charge in [0.15, 0.2) is 0 Å². The SMILES string of the molecule is O=C(Nc1ccc(CN2CCCC2)cc1)c1ccc2ccccc2c1. The van der Waals surface area contributed by atoms with Crippen molar-refractivity contribution in [2.75, 3.05) is 18.4 Å². The van der Waals surface area contributed by atoms with Gasteiger partial charge in [0.25, 0.3) is 5.91 Å². The first-order valence-corrected chi connectivity index (χ1v) is 8.89. The second kappa shape index (κ2) is 7.08. The number of nitrogens with zero attached hydrogens (tertiary/aromatic N) is 1. The van der Waals surface area contributed by atoms with Crippen LogP contribution in [0.5, 0.6) is 0 Å². The van der Waals surface area contributed by atoms with Crippen molar-refractivity contribution in [1.82, 2.24) is 4.90 Å². The molecule has 1 aliphatic rings. The lowest BCUT2D eigenvalue weighted by Crippen LogP contribution is -2.18. The molecule has 0 spiro atoms. The molecule has 3 aromatic carbocycles. The van der Waals surface area contributed by atoms with Crippen molar-refractivity contribution in [2.24, 2.45) is 0 Å². The van der Waals surface area contributed by atoms with Crippen LogP contribution in [0.1, 0.15) is 28.8 Å². The lowest BCUT2D eigenvalue weighted by atomic mass is 10.1. The Balaban J connectivity index is 1.44. The van der Waals surface area contributed by atoms with Gasteiger partial charge in [-0.15, -0.1) is 0 Å². The van der Waals surface area contributed by atoms with E-state index in [0.717, 1.165) is 23.0 Å².